The average Bonchev–Trinajstić information content (AvgIpc) is 3.43. The molecule has 1 aromatic carbocycles. The number of carbonyl (C=O) groups excluding carboxylic acids is 5. The molecule has 4 rings (SSSR count). The van der Waals surface area contributed by atoms with E-state index in [2.05, 4.69) is 35.9 Å². The van der Waals surface area contributed by atoms with Crippen molar-refractivity contribution < 1.29 is 43.3 Å². The van der Waals surface area contributed by atoms with Gasteiger partial charge in [-0.05, 0) is 30.7 Å². The molecule has 0 spiro atoms. The van der Waals surface area contributed by atoms with Crippen LogP contribution in [0.2, 0.25) is 0 Å². The van der Waals surface area contributed by atoms with Crippen LogP contribution in [0.3, 0.4) is 0 Å². The van der Waals surface area contributed by atoms with E-state index >= 15 is 0 Å². The van der Waals surface area contributed by atoms with Crippen molar-refractivity contribution >= 4 is 64.1 Å². The Morgan fingerprint density at radius 3 is 2.29 bits per heavy atom. The highest BCUT2D eigenvalue weighted by atomic mass is 16.5. The lowest BCUT2D eigenvalue weighted by Crippen LogP contribution is -2.42. The number of nitrogen functional groups attached to an aromatic ring is 2. The summed E-state index contributed by atoms with van der Waals surface area (Å²) in [6.45, 7) is 0.818. The van der Waals surface area contributed by atoms with Gasteiger partial charge < -0.3 is 46.9 Å². The molecule has 2 aromatic heterocycles. The zero-order valence-electron chi connectivity index (χ0n) is 28.2. The number of rotatable bonds is 20. The van der Waals surface area contributed by atoms with E-state index in [-0.39, 0.29) is 81.9 Å². The Labute approximate surface area is 296 Å². The second-order valence-electron chi connectivity index (χ2n) is 11.3. The molecule has 3 aromatic rings. The minimum absolute atomic E-state index is 0.00161. The highest BCUT2D eigenvalue weighted by molar-refractivity contribution is 6.12. The number of anilines is 3. The summed E-state index contributed by atoms with van der Waals surface area (Å²) in [5.74, 6) is -3.47. The number of imide groups is 1. The standard InChI is InChI=1S/C32H39N11O9/c1-42(17-20-16-37-29-27(38-20)28(33)40-32(34)41-29)21-4-2-19(3-5-21)30(48)39-22(31(49)50)6-7-23(44)35-10-11-36-24(45)18-52-15-14-51-13-12-43-25(46)8-9-26(43)47/h2-5,8-9,16,22H,6-7,10-15,17-18H2,1H3,(H,35,44)(H,36,45)(H,39,48)(H,49,50)(H4,33,34,37,40,41). The Kier molecular flexibility index (Phi) is 13.8. The summed E-state index contributed by atoms with van der Waals surface area (Å²) in [6, 6.07) is 5.15. The second kappa shape index (κ2) is 18.6. The maximum Gasteiger partial charge on any atom is 0.326 e. The SMILES string of the molecule is CN(Cc1cnc2nc(N)nc(N)c2n1)c1ccc(C(=O)NC(CCC(=O)NCCNC(=O)COCCOCCN2C(=O)C=CC2=O)C(=O)O)cc1. The van der Waals surface area contributed by atoms with Crippen LogP contribution in [0.25, 0.3) is 11.2 Å². The number of nitrogens with two attached hydrogens (primary N) is 2. The predicted molar refractivity (Wildman–Crippen MR) is 184 cm³/mol. The summed E-state index contributed by atoms with van der Waals surface area (Å²) >= 11 is 0. The van der Waals surface area contributed by atoms with E-state index in [4.69, 9.17) is 20.9 Å². The number of benzene rings is 1. The molecule has 8 N–H and O–H groups in total. The van der Waals surface area contributed by atoms with Gasteiger partial charge in [-0.3, -0.25) is 28.9 Å². The van der Waals surface area contributed by atoms with Crippen LogP contribution < -0.4 is 32.3 Å². The molecule has 52 heavy (non-hydrogen) atoms. The van der Waals surface area contributed by atoms with E-state index in [1.165, 1.54) is 12.2 Å². The molecule has 0 saturated carbocycles. The van der Waals surface area contributed by atoms with E-state index in [9.17, 15) is 33.9 Å². The number of nitrogens with zero attached hydrogens (tertiary/aromatic N) is 6. The number of amides is 5. The van der Waals surface area contributed by atoms with Crippen molar-refractivity contribution in [1.29, 1.82) is 0 Å². The first-order chi connectivity index (χ1) is 24.9. The first-order valence-corrected chi connectivity index (χ1v) is 16.0. The number of carboxylic acids is 1. The van der Waals surface area contributed by atoms with Gasteiger partial charge in [-0.2, -0.15) is 9.97 Å². The predicted octanol–water partition coefficient (Wildman–Crippen LogP) is -1.63. The molecule has 276 valence electrons. The van der Waals surface area contributed by atoms with Crippen molar-refractivity contribution in [3.63, 3.8) is 0 Å². The molecule has 0 aliphatic carbocycles. The third kappa shape index (κ3) is 11.4. The molecule has 3 heterocycles. The number of carbonyl (C=O) groups is 6. The zero-order chi connectivity index (χ0) is 37.6. The Balaban J connectivity index is 1.09. The molecule has 20 nitrogen and oxygen atoms in total. The van der Waals surface area contributed by atoms with Gasteiger partial charge in [-0.1, -0.05) is 0 Å². The molecule has 1 aliphatic heterocycles. The third-order valence-corrected chi connectivity index (χ3v) is 7.47. The van der Waals surface area contributed by atoms with Crippen LogP contribution >= 0.6 is 0 Å². The fraction of sp³-hybridized carbons (Fsp3) is 0.375. The molecule has 1 unspecified atom stereocenters. The molecule has 0 saturated heterocycles. The number of hydrogen-bond donors (Lipinski definition) is 6. The summed E-state index contributed by atoms with van der Waals surface area (Å²) in [4.78, 5) is 91.2. The number of nitrogens with one attached hydrogen (secondary N) is 3. The minimum Gasteiger partial charge on any atom is -0.480 e. The first kappa shape index (κ1) is 38.5. The lowest BCUT2D eigenvalue weighted by molar-refractivity contribution is -0.140. The van der Waals surface area contributed by atoms with Gasteiger partial charge >= 0.3 is 5.97 Å². The monoisotopic (exact) mass is 721 g/mol. The van der Waals surface area contributed by atoms with Gasteiger partial charge in [0.1, 0.15) is 12.6 Å². The van der Waals surface area contributed by atoms with Gasteiger partial charge in [0.15, 0.2) is 17.0 Å². The molecule has 0 fully saturated rings. The van der Waals surface area contributed by atoms with Gasteiger partial charge in [0.05, 0.1) is 44.8 Å². The van der Waals surface area contributed by atoms with Crippen molar-refractivity contribution in [3.8, 4) is 0 Å². The fourth-order valence-corrected chi connectivity index (χ4v) is 4.77. The van der Waals surface area contributed by atoms with Gasteiger partial charge in [0.2, 0.25) is 17.8 Å². The second-order valence-corrected chi connectivity index (χ2v) is 11.3. The summed E-state index contributed by atoms with van der Waals surface area (Å²) in [5.41, 5.74) is 13.7. The molecule has 1 aliphatic rings. The van der Waals surface area contributed by atoms with Crippen LogP contribution in [0.4, 0.5) is 17.5 Å². The van der Waals surface area contributed by atoms with Crippen LogP contribution in [0.5, 0.6) is 0 Å². The third-order valence-electron chi connectivity index (χ3n) is 7.47. The molecule has 1 atom stereocenters. The quantitative estimate of drug-likeness (QED) is 0.0564. The molecular weight excluding hydrogens is 682 g/mol. The van der Waals surface area contributed by atoms with Gasteiger partial charge in [0, 0.05) is 50.0 Å². The number of aromatic nitrogens is 4. The fourth-order valence-electron chi connectivity index (χ4n) is 4.77. The Bertz CT molecular complexity index is 1800. The summed E-state index contributed by atoms with van der Waals surface area (Å²) < 4.78 is 10.5. The first-order valence-electron chi connectivity index (χ1n) is 16.0. The average molecular weight is 722 g/mol. The molecule has 5 amide bonds. The lowest BCUT2D eigenvalue weighted by Gasteiger charge is -2.19. The Hall–Kier alpha value is -6.28. The van der Waals surface area contributed by atoms with Crippen LogP contribution in [0, 0.1) is 0 Å². The van der Waals surface area contributed by atoms with Crippen molar-refractivity contribution in [1.82, 2.24) is 40.8 Å². The lowest BCUT2D eigenvalue weighted by atomic mass is 10.1. The number of aliphatic carboxylic acids is 1. The largest absolute Gasteiger partial charge is 0.480 e. The van der Waals surface area contributed by atoms with Crippen molar-refractivity contribution in [3.05, 3.63) is 53.9 Å². The maximum atomic E-state index is 12.8. The normalized spacial score (nSPS) is 12.9. The summed E-state index contributed by atoms with van der Waals surface area (Å²) in [6.07, 6.45) is 3.58. The highest BCUT2D eigenvalue weighted by Crippen LogP contribution is 2.19. The van der Waals surface area contributed by atoms with Gasteiger partial charge in [0.25, 0.3) is 17.7 Å². The van der Waals surface area contributed by atoms with Crippen molar-refractivity contribution in [2.45, 2.75) is 25.4 Å². The van der Waals surface area contributed by atoms with Crippen LogP contribution in [-0.4, -0.2) is 125 Å². The van der Waals surface area contributed by atoms with E-state index in [0.717, 1.165) is 10.6 Å². The minimum atomic E-state index is -1.32. The molecule has 0 radical (unpaired) electrons. The smallest absolute Gasteiger partial charge is 0.326 e. The number of ether oxygens (including phenoxy) is 2. The van der Waals surface area contributed by atoms with Crippen molar-refractivity contribution in [2.75, 3.05) is 69.5 Å². The van der Waals surface area contributed by atoms with Crippen LogP contribution in [-0.2, 0) is 40.0 Å². The van der Waals surface area contributed by atoms with E-state index in [1.807, 2.05) is 11.9 Å². The topological polar surface area (TPSA) is 287 Å². The maximum absolute atomic E-state index is 12.8. The Morgan fingerprint density at radius 1 is 0.923 bits per heavy atom. The molecule has 20 heteroatoms. The van der Waals surface area contributed by atoms with Crippen LogP contribution in [0.15, 0.2) is 42.6 Å². The van der Waals surface area contributed by atoms with E-state index in [0.29, 0.717) is 17.8 Å². The Morgan fingerprint density at radius 2 is 1.60 bits per heavy atom. The molecule has 0 bridgehead atoms. The van der Waals surface area contributed by atoms with Crippen LogP contribution in [0.1, 0.15) is 28.9 Å². The van der Waals surface area contributed by atoms with E-state index < -0.39 is 41.5 Å². The number of carboxylic acid groups (broad SMARTS) is 1. The zero-order valence-corrected chi connectivity index (χ0v) is 28.2. The highest BCUT2D eigenvalue weighted by Gasteiger charge is 2.23. The van der Waals surface area contributed by atoms with Gasteiger partial charge in [-0.25, -0.2) is 14.8 Å². The number of fused-ring (bicyclic) bond motifs is 1. The summed E-state index contributed by atoms with van der Waals surface area (Å²) in [5, 5.41) is 17.2. The number of hydrogen-bond acceptors (Lipinski definition) is 15. The van der Waals surface area contributed by atoms with Gasteiger partial charge in [-0.15, -0.1) is 0 Å². The summed E-state index contributed by atoms with van der Waals surface area (Å²) in [7, 11) is 1.81. The molecular formula is C32H39N11O9. The van der Waals surface area contributed by atoms with Crippen molar-refractivity contribution in [2.24, 2.45) is 0 Å². The van der Waals surface area contributed by atoms with E-state index in [1.54, 1.807) is 30.5 Å².